The Kier molecular flexibility index (Phi) is 4.37. The molecule has 0 saturated carbocycles. The Morgan fingerprint density at radius 3 is 2.80 bits per heavy atom. The number of carbonyl (C=O) groups is 1. The standard InChI is InChI=1S/C14H17N9O2/c1-4-9-8(5-16-13-17-7-18-23(9)13)11(24)25-6-10-19-12(15)21-14(20-10)22(2)3/h5,7H,4,6H2,1-3H3,(H2,15,19,20,21). The summed E-state index contributed by atoms with van der Waals surface area (Å²) >= 11 is 0. The second kappa shape index (κ2) is 6.63. The van der Waals surface area contributed by atoms with Crippen LogP contribution < -0.4 is 10.6 Å². The van der Waals surface area contributed by atoms with Crippen LogP contribution in [-0.2, 0) is 17.8 Å². The molecule has 3 rings (SSSR count). The van der Waals surface area contributed by atoms with Crippen molar-refractivity contribution in [3.05, 3.63) is 29.6 Å². The number of nitrogen functional groups attached to an aromatic ring is 1. The maximum atomic E-state index is 12.4. The van der Waals surface area contributed by atoms with Crippen LogP contribution in [0.2, 0.25) is 0 Å². The molecule has 2 N–H and O–H groups in total. The first-order valence-electron chi connectivity index (χ1n) is 7.52. The number of nitrogens with two attached hydrogens (primary N) is 1. The molecule has 3 heterocycles. The van der Waals surface area contributed by atoms with Gasteiger partial charge in [0.05, 0.1) is 11.3 Å². The first-order valence-corrected chi connectivity index (χ1v) is 7.52. The summed E-state index contributed by atoms with van der Waals surface area (Å²) in [5, 5.41) is 4.07. The zero-order chi connectivity index (χ0) is 18.0. The van der Waals surface area contributed by atoms with Crippen LogP contribution in [0.4, 0.5) is 11.9 Å². The van der Waals surface area contributed by atoms with Crippen LogP contribution in [0.1, 0.15) is 28.8 Å². The highest BCUT2D eigenvalue weighted by Gasteiger charge is 2.18. The molecule has 0 fully saturated rings. The second-order valence-corrected chi connectivity index (χ2v) is 5.32. The maximum absolute atomic E-state index is 12.4. The third kappa shape index (κ3) is 3.29. The Balaban J connectivity index is 1.81. The molecule has 0 bridgehead atoms. The molecule has 0 atom stereocenters. The smallest absolute Gasteiger partial charge is 0.342 e. The van der Waals surface area contributed by atoms with E-state index in [1.54, 1.807) is 19.0 Å². The quantitative estimate of drug-likeness (QED) is 0.624. The van der Waals surface area contributed by atoms with Gasteiger partial charge in [0.1, 0.15) is 6.33 Å². The molecule has 0 amide bonds. The van der Waals surface area contributed by atoms with E-state index in [1.807, 2.05) is 6.92 Å². The fourth-order valence-electron chi connectivity index (χ4n) is 2.23. The summed E-state index contributed by atoms with van der Waals surface area (Å²) in [5.41, 5.74) is 6.63. The summed E-state index contributed by atoms with van der Waals surface area (Å²) in [6.45, 7) is 1.77. The molecule has 3 aromatic heterocycles. The molecule has 0 radical (unpaired) electrons. The van der Waals surface area contributed by atoms with Crippen molar-refractivity contribution in [1.29, 1.82) is 0 Å². The van der Waals surface area contributed by atoms with E-state index in [4.69, 9.17) is 10.5 Å². The number of hydrogen-bond donors (Lipinski definition) is 1. The monoisotopic (exact) mass is 343 g/mol. The van der Waals surface area contributed by atoms with Crippen LogP contribution in [0.5, 0.6) is 0 Å². The molecule has 0 saturated heterocycles. The third-order valence-electron chi connectivity index (χ3n) is 3.38. The predicted molar refractivity (Wildman–Crippen MR) is 87.8 cm³/mol. The van der Waals surface area contributed by atoms with Crippen LogP contribution in [0.15, 0.2) is 12.5 Å². The van der Waals surface area contributed by atoms with E-state index in [1.165, 1.54) is 17.0 Å². The molecule has 130 valence electrons. The summed E-state index contributed by atoms with van der Waals surface area (Å²) in [6, 6.07) is 0. The molecular weight excluding hydrogens is 326 g/mol. The Labute approximate surface area is 142 Å². The van der Waals surface area contributed by atoms with Gasteiger partial charge in [0.25, 0.3) is 5.78 Å². The van der Waals surface area contributed by atoms with Crippen LogP contribution in [0.25, 0.3) is 5.78 Å². The molecule has 0 unspecified atom stereocenters. The lowest BCUT2D eigenvalue weighted by Gasteiger charge is -2.12. The van der Waals surface area contributed by atoms with Crippen molar-refractivity contribution in [2.75, 3.05) is 24.7 Å². The largest absolute Gasteiger partial charge is 0.454 e. The van der Waals surface area contributed by atoms with Gasteiger partial charge in [-0.25, -0.2) is 14.3 Å². The zero-order valence-corrected chi connectivity index (χ0v) is 14.0. The van der Waals surface area contributed by atoms with Gasteiger partial charge < -0.3 is 15.4 Å². The fourth-order valence-corrected chi connectivity index (χ4v) is 2.23. The third-order valence-corrected chi connectivity index (χ3v) is 3.38. The molecule has 0 aliphatic heterocycles. The lowest BCUT2D eigenvalue weighted by molar-refractivity contribution is 0.0459. The van der Waals surface area contributed by atoms with Crippen LogP contribution in [0.3, 0.4) is 0 Å². The van der Waals surface area contributed by atoms with Crippen LogP contribution in [0, 0.1) is 0 Å². The normalized spacial score (nSPS) is 10.8. The number of esters is 1. The van der Waals surface area contributed by atoms with Gasteiger partial charge in [-0.2, -0.15) is 25.0 Å². The van der Waals surface area contributed by atoms with E-state index in [0.717, 1.165) is 0 Å². The number of nitrogens with zero attached hydrogens (tertiary/aromatic N) is 8. The number of carbonyl (C=O) groups excluding carboxylic acids is 1. The van der Waals surface area contributed by atoms with Gasteiger partial charge in [0.2, 0.25) is 11.9 Å². The number of rotatable bonds is 5. The van der Waals surface area contributed by atoms with Gasteiger partial charge in [0, 0.05) is 20.3 Å². The number of anilines is 2. The van der Waals surface area contributed by atoms with E-state index in [-0.39, 0.29) is 18.4 Å². The summed E-state index contributed by atoms with van der Waals surface area (Å²) in [7, 11) is 3.55. The van der Waals surface area contributed by atoms with Gasteiger partial charge in [-0.05, 0) is 6.42 Å². The minimum atomic E-state index is -0.549. The van der Waals surface area contributed by atoms with Gasteiger partial charge >= 0.3 is 5.97 Å². The number of aromatic nitrogens is 7. The first kappa shape index (κ1) is 16.5. The van der Waals surface area contributed by atoms with E-state index in [2.05, 4.69) is 30.0 Å². The van der Waals surface area contributed by atoms with E-state index in [0.29, 0.717) is 29.4 Å². The molecule has 11 nitrogen and oxygen atoms in total. The lowest BCUT2D eigenvalue weighted by Crippen LogP contribution is -2.18. The van der Waals surface area contributed by atoms with Gasteiger partial charge in [0.15, 0.2) is 12.4 Å². The lowest BCUT2D eigenvalue weighted by atomic mass is 10.2. The minimum Gasteiger partial charge on any atom is -0.454 e. The molecule has 0 aliphatic rings. The fraction of sp³-hybridized carbons (Fsp3) is 0.357. The zero-order valence-electron chi connectivity index (χ0n) is 14.0. The average Bonchev–Trinajstić information content (AvgIpc) is 3.06. The summed E-state index contributed by atoms with van der Waals surface area (Å²) in [5.74, 6) is 0.585. The van der Waals surface area contributed by atoms with Gasteiger partial charge in [-0.15, -0.1) is 0 Å². The highest BCUT2D eigenvalue weighted by molar-refractivity contribution is 5.90. The molecular formula is C14H17N9O2. The van der Waals surface area contributed by atoms with Crippen molar-refractivity contribution in [3.8, 4) is 0 Å². The molecule has 3 aromatic rings. The molecule has 0 aromatic carbocycles. The molecule has 0 spiro atoms. The molecule has 25 heavy (non-hydrogen) atoms. The summed E-state index contributed by atoms with van der Waals surface area (Å²) < 4.78 is 6.82. The Morgan fingerprint density at radius 1 is 1.28 bits per heavy atom. The van der Waals surface area contributed by atoms with Crippen molar-refractivity contribution >= 4 is 23.6 Å². The average molecular weight is 343 g/mol. The Morgan fingerprint density at radius 2 is 2.08 bits per heavy atom. The Hall–Kier alpha value is -3.37. The van der Waals surface area contributed by atoms with Gasteiger partial charge in [-0.3, -0.25) is 0 Å². The number of hydrogen-bond acceptors (Lipinski definition) is 10. The van der Waals surface area contributed by atoms with Crippen molar-refractivity contribution in [3.63, 3.8) is 0 Å². The number of ether oxygens (including phenoxy) is 1. The SMILES string of the molecule is CCc1c(C(=O)OCc2nc(N)nc(N(C)C)n2)cnc2ncnn12. The number of fused-ring (bicyclic) bond motifs is 1. The van der Waals surface area contributed by atoms with Crippen molar-refractivity contribution in [1.82, 2.24) is 34.5 Å². The highest BCUT2D eigenvalue weighted by Crippen LogP contribution is 2.13. The number of aryl methyl sites for hydroxylation is 1. The minimum absolute atomic E-state index is 0.0599. The first-order chi connectivity index (χ1) is 12.0. The van der Waals surface area contributed by atoms with Crippen molar-refractivity contribution in [2.24, 2.45) is 0 Å². The molecule has 0 aliphatic carbocycles. The highest BCUT2D eigenvalue weighted by atomic mass is 16.5. The second-order valence-electron chi connectivity index (χ2n) is 5.32. The van der Waals surface area contributed by atoms with Crippen LogP contribution in [-0.4, -0.2) is 54.6 Å². The van der Waals surface area contributed by atoms with Crippen LogP contribution >= 0.6 is 0 Å². The Bertz CT molecular complexity index is 922. The maximum Gasteiger partial charge on any atom is 0.342 e. The van der Waals surface area contributed by atoms with E-state index in [9.17, 15) is 4.79 Å². The topological polar surface area (TPSA) is 137 Å². The summed E-state index contributed by atoms with van der Waals surface area (Å²) in [4.78, 5) is 34.4. The van der Waals surface area contributed by atoms with Crippen molar-refractivity contribution < 1.29 is 9.53 Å². The predicted octanol–water partition coefficient (Wildman–Crippen LogP) is -0.123. The van der Waals surface area contributed by atoms with Gasteiger partial charge in [-0.1, -0.05) is 6.92 Å². The molecule has 11 heteroatoms. The summed E-state index contributed by atoms with van der Waals surface area (Å²) in [6.07, 6.45) is 3.38. The van der Waals surface area contributed by atoms with Crippen molar-refractivity contribution in [2.45, 2.75) is 20.0 Å². The van der Waals surface area contributed by atoms with E-state index < -0.39 is 5.97 Å². The van der Waals surface area contributed by atoms with E-state index >= 15 is 0 Å².